The molecule has 8 nitrogen and oxygen atoms in total. The van der Waals surface area contributed by atoms with Gasteiger partial charge in [-0.15, -0.1) is 0 Å². The standard InChI is InChI=1S/C29H31N5O3/c1-34-27(25(21-31-34)32-26(35)19-11-12-20-30-28(36)37)33-29(22-13-5-2-6-14-22,23-15-7-3-8-16-23)24-17-9-4-10-18-24/h2-10,13-18,21,30,33H,11-12,19-20H2,1H3,(H,32,35)(H,36,37)/p-1. The third-order valence-corrected chi connectivity index (χ3v) is 6.24. The minimum Gasteiger partial charge on any atom is -0.530 e. The van der Waals surface area contributed by atoms with Crippen molar-refractivity contribution >= 4 is 23.5 Å². The molecule has 0 aliphatic rings. The second-order valence-corrected chi connectivity index (χ2v) is 8.72. The van der Waals surface area contributed by atoms with Gasteiger partial charge in [-0.2, -0.15) is 5.10 Å². The second-order valence-electron chi connectivity index (χ2n) is 8.72. The first kappa shape index (κ1) is 25.5. The summed E-state index contributed by atoms with van der Waals surface area (Å²) in [7, 11) is 1.83. The zero-order valence-corrected chi connectivity index (χ0v) is 20.7. The fourth-order valence-electron chi connectivity index (χ4n) is 4.45. The Labute approximate surface area is 216 Å². The van der Waals surface area contributed by atoms with Crippen LogP contribution in [0.4, 0.5) is 16.3 Å². The highest BCUT2D eigenvalue weighted by Gasteiger charge is 2.37. The van der Waals surface area contributed by atoms with Crippen LogP contribution in [0.15, 0.2) is 97.2 Å². The average molecular weight is 497 g/mol. The van der Waals surface area contributed by atoms with Crippen LogP contribution in [0.2, 0.25) is 0 Å². The number of nitrogens with zero attached hydrogens (tertiary/aromatic N) is 2. The van der Waals surface area contributed by atoms with Crippen molar-refractivity contribution in [1.29, 1.82) is 0 Å². The molecule has 0 spiro atoms. The van der Waals surface area contributed by atoms with E-state index in [9.17, 15) is 14.7 Å². The number of aromatic nitrogens is 2. The number of aryl methyl sites for hydroxylation is 1. The van der Waals surface area contributed by atoms with Crippen LogP contribution in [0.3, 0.4) is 0 Å². The second kappa shape index (κ2) is 11.9. The predicted octanol–water partition coefficient (Wildman–Crippen LogP) is 3.87. The van der Waals surface area contributed by atoms with Crippen molar-refractivity contribution in [3.8, 4) is 0 Å². The number of hydrogen-bond donors (Lipinski definition) is 3. The number of unbranched alkanes of at least 4 members (excludes halogenated alkanes) is 1. The van der Waals surface area contributed by atoms with Crippen LogP contribution in [0, 0.1) is 0 Å². The molecule has 0 aliphatic heterocycles. The molecule has 0 saturated heterocycles. The lowest BCUT2D eigenvalue weighted by atomic mass is 9.77. The molecule has 0 atom stereocenters. The SMILES string of the molecule is Cn1ncc(NC(=O)CCCCNC(=O)[O-])c1NC(c1ccccc1)(c1ccccc1)c1ccccc1. The number of nitrogens with one attached hydrogen (secondary N) is 3. The van der Waals surface area contributed by atoms with Crippen molar-refractivity contribution in [1.82, 2.24) is 15.1 Å². The summed E-state index contributed by atoms with van der Waals surface area (Å²) in [6.07, 6.45) is 1.65. The highest BCUT2D eigenvalue weighted by atomic mass is 16.4. The summed E-state index contributed by atoms with van der Waals surface area (Å²) in [5, 5.41) is 23.8. The summed E-state index contributed by atoms with van der Waals surface area (Å²) in [4.78, 5) is 23.2. The van der Waals surface area contributed by atoms with Crippen LogP contribution < -0.4 is 21.1 Å². The van der Waals surface area contributed by atoms with Gasteiger partial charge in [0.25, 0.3) is 0 Å². The Morgan fingerprint density at radius 3 is 1.84 bits per heavy atom. The van der Waals surface area contributed by atoms with E-state index in [0.717, 1.165) is 16.7 Å². The van der Waals surface area contributed by atoms with Crippen molar-refractivity contribution in [3.05, 3.63) is 114 Å². The van der Waals surface area contributed by atoms with Gasteiger partial charge >= 0.3 is 0 Å². The van der Waals surface area contributed by atoms with Crippen LogP contribution in [-0.2, 0) is 17.4 Å². The molecule has 190 valence electrons. The molecule has 0 radical (unpaired) electrons. The quantitative estimate of drug-likeness (QED) is 0.216. The van der Waals surface area contributed by atoms with E-state index >= 15 is 0 Å². The number of carbonyl (C=O) groups excluding carboxylic acids is 2. The predicted molar refractivity (Wildman–Crippen MR) is 142 cm³/mol. The fraction of sp³-hybridized carbons (Fsp3) is 0.207. The van der Waals surface area contributed by atoms with Crippen LogP contribution in [0.5, 0.6) is 0 Å². The van der Waals surface area contributed by atoms with E-state index in [2.05, 4.69) is 57.4 Å². The third-order valence-electron chi connectivity index (χ3n) is 6.24. The normalized spacial score (nSPS) is 11.1. The Kier molecular flexibility index (Phi) is 8.20. The van der Waals surface area contributed by atoms with E-state index in [1.165, 1.54) is 0 Å². The smallest absolute Gasteiger partial charge is 0.224 e. The lowest BCUT2D eigenvalue weighted by molar-refractivity contribution is -0.250. The summed E-state index contributed by atoms with van der Waals surface area (Å²) < 4.78 is 1.71. The number of carboxylic acid groups (broad SMARTS) is 1. The molecule has 8 heteroatoms. The van der Waals surface area contributed by atoms with Gasteiger partial charge in [0.1, 0.15) is 23.1 Å². The van der Waals surface area contributed by atoms with E-state index in [1.54, 1.807) is 10.9 Å². The minimum absolute atomic E-state index is 0.172. The van der Waals surface area contributed by atoms with Gasteiger partial charge in [0.05, 0.1) is 6.20 Å². The number of rotatable bonds is 11. The number of benzene rings is 3. The van der Waals surface area contributed by atoms with Crippen molar-refractivity contribution in [2.75, 3.05) is 17.2 Å². The van der Waals surface area contributed by atoms with Crippen LogP contribution in [0.1, 0.15) is 36.0 Å². The largest absolute Gasteiger partial charge is 0.530 e. The maximum absolute atomic E-state index is 12.7. The van der Waals surface area contributed by atoms with Gasteiger partial charge < -0.3 is 25.9 Å². The van der Waals surface area contributed by atoms with Gasteiger partial charge in [0, 0.05) is 20.0 Å². The first-order chi connectivity index (χ1) is 18.0. The van der Waals surface area contributed by atoms with Crippen molar-refractivity contribution in [2.24, 2.45) is 7.05 Å². The van der Waals surface area contributed by atoms with E-state index in [0.29, 0.717) is 24.3 Å². The summed E-state index contributed by atoms with van der Waals surface area (Å²) in [6, 6.07) is 30.6. The highest BCUT2D eigenvalue weighted by Crippen LogP contribution is 2.41. The number of carbonyl (C=O) groups is 2. The molecule has 1 aromatic heterocycles. The first-order valence-corrected chi connectivity index (χ1v) is 12.2. The van der Waals surface area contributed by atoms with Gasteiger partial charge in [-0.25, -0.2) is 0 Å². The Morgan fingerprint density at radius 2 is 1.35 bits per heavy atom. The molecule has 0 aliphatic carbocycles. The molecular weight excluding hydrogens is 466 g/mol. The van der Waals surface area contributed by atoms with E-state index in [1.807, 2.05) is 61.6 Å². The van der Waals surface area contributed by atoms with Crippen molar-refractivity contribution < 1.29 is 14.7 Å². The molecule has 3 N–H and O–H groups in total. The molecule has 0 saturated carbocycles. The monoisotopic (exact) mass is 496 g/mol. The molecule has 37 heavy (non-hydrogen) atoms. The maximum atomic E-state index is 12.7. The minimum atomic E-state index is -1.31. The van der Waals surface area contributed by atoms with Crippen LogP contribution in [0.25, 0.3) is 0 Å². The van der Waals surface area contributed by atoms with Crippen molar-refractivity contribution in [3.63, 3.8) is 0 Å². The summed E-state index contributed by atoms with van der Waals surface area (Å²) in [6.45, 7) is 0.253. The Balaban J connectivity index is 1.68. The highest BCUT2D eigenvalue weighted by molar-refractivity contribution is 5.93. The van der Waals surface area contributed by atoms with E-state index < -0.39 is 11.6 Å². The lowest BCUT2D eigenvalue weighted by Crippen LogP contribution is -2.39. The number of amides is 2. The Bertz CT molecular complexity index is 1210. The molecule has 0 fully saturated rings. The van der Waals surface area contributed by atoms with Gasteiger partial charge in [-0.05, 0) is 29.5 Å². The summed E-state index contributed by atoms with van der Waals surface area (Å²) >= 11 is 0. The van der Waals surface area contributed by atoms with E-state index in [-0.39, 0.29) is 18.9 Å². The van der Waals surface area contributed by atoms with Gasteiger partial charge in [0.2, 0.25) is 5.91 Å². The Hall–Kier alpha value is -4.59. The molecule has 0 bridgehead atoms. The Morgan fingerprint density at radius 1 is 0.838 bits per heavy atom. The van der Waals surface area contributed by atoms with Crippen molar-refractivity contribution in [2.45, 2.75) is 24.8 Å². The molecular formula is C29H30N5O3-. The molecule has 0 unspecified atom stereocenters. The third kappa shape index (κ3) is 5.98. The summed E-state index contributed by atoms with van der Waals surface area (Å²) in [5.74, 6) is 0.484. The number of hydrogen-bond acceptors (Lipinski definition) is 5. The number of anilines is 2. The topological polar surface area (TPSA) is 111 Å². The van der Waals surface area contributed by atoms with Gasteiger partial charge in [-0.3, -0.25) is 9.48 Å². The first-order valence-electron chi connectivity index (χ1n) is 12.2. The zero-order valence-electron chi connectivity index (χ0n) is 20.7. The molecule has 3 aromatic carbocycles. The van der Waals surface area contributed by atoms with Crippen LogP contribution in [-0.4, -0.2) is 28.3 Å². The van der Waals surface area contributed by atoms with Crippen LogP contribution >= 0.6 is 0 Å². The van der Waals surface area contributed by atoms with E-state index in [4.69, 9.17) is 0 Å². The molecule has 2 amide bonds. The molecule has 1 heterocycles. The molecule has 4 rings (SSSR count). The maximum Gasteiger partial charge on any atom is 0.224 e. The molecule has 4 aromatic rings. The fourth-order valence-corrected chi connectivity index (χ4v) is 4.45. The van der Waals surface area contributed by atoms with Gasteiger partial charge in [0.15, 0.2) is 0 Å². The summed E-state index contributed by atoms with van der Waals surface area (Å²) in [5.41, 5.74) is 2.89. The lowest BCUT2D eigenvalue weighted by Gasteiger charge is -2.38. The van der Waals surface area contributed by atoms with Gasteiger partial charge in [-0.1, -0.05) is 91.0 Å². The average Bonchev–Trinajstić information content (AvgIpc) is 3.26. The zero-order chi connectivity index (χ0) is 26.1.